The van der Waals surface area contributed by atoms with Gasteiger partial charge >= 0.3 is 0 Å². The van der Waals surface area contributed by atoms with E-state index in [0.29, 0.717) is 18.0 Å². The Hall–Kier alpha value is -2.49. The van der Waals surface area contributed by atoms with Gasteiger partial charge < -0.3 is 19.5 Å². The molecule has 0 unspecified atom stereocenters. The SMILES string of the molecule is COc1ccc(NS(=O)(=O)c2ccc(OCC(=O)NC[C@H]3CCCO3)c(Cl)c2)cc1. The number of halogens is 1. The molecule has 0 bridgehead atoms. The van der Waals surface area contributed by atoms with E-state index >= 15 is 0 Å². The summed E-state index contributed by atoms with van der Waals surface area (Å²) in [5, 5.41) is 2.82. The van der Waals surface area contributed by atoms with Crippen molar-refractivity contribution in [1.29, 1.82) is 0 Å². The molecule has 0 spiro atoms. The van der Waals surface area contributed by atoms with E-state index in [1.54, 1.807) is 24.3 Å². The van der Waals surface area contributed by atoms with Crippen LogP contribution in [-0.4, -0.2) is 47.3 Å². The lowest BCUT2D eigenvalue weighted by Gasteiger charge is -2.13. The highest BCUT2D eigenvalue weighted by atomic mass is 35.5. The average Bonchev–Trinajstić information content (AvgIpc) is 3.25. The Balaban J connectivity index is 1.57. The first kappa shape index (κ1) is 22.2. The number of ether oxygens (including phenoxy) is 3. The molecule has 2 N–H and O–H groups in total. The van der Waals surface area contributed by atoms with Crippen LogP contribution in [0.3, 0.4) is 0 Å². The molecule has 0 aromatic heterocycles. The number of anilines is 1. The Labute approximate surface area is 180 Å². The fourth-order valence-electron chi connectivity index (χ4n) is 2.87. The molecule has 1 saturated heterocycles. The van der Waals surface area contributed by atoms with Crippen LogP contribution < -0.4 is 19.5 Å². The zero-order valence-electron chi connectivity index (χ0n) is 16.4. The monoisotopic (exact) mass is 454 g/mol. The molecule has 1 fully saturated rings. The standard InChI is InChI=1S/C20H23ClN2O6S/c1-27-15-6-4-14(5-7-15)23-30(25,26)17-8-9-19(18(21)11-17)29-13-20(24)22-12-16-3-2-10-28-16/h4-9,11,16,23H,2-3,10,12-13H2,1H3,(H,22,24)/t16-/m1/s1. The molecular weight excluding hydrogens is 432 g/mol. The summed E-state index contributed by atoms with van der Waals surface area (Å²) in [7, 11) is -2.32. The van der Waals surface area contributed by atoms with Crippen LogP contribution in [0.25, 0.3) is 0 Å². The van der Waals surface area contributed by atoms with Gasteiger partial charge in [0.2, 0.25) is 0 Å². The molecule has 0 radical (unpaired) electrons. The molecule has 8 nitrogen and oxygen atoms in total. The van der Waals surface area contributed by atoms with Gasteiger partial charge in [0, 0.05) is 18.8 Å². The highest BCUT2D eigenvalue weighted by molar-refractivity contribution is 7.92. The second-order valence-corrected chi connectivity index (χ2v) is 8.74. The number of methoxy groups -OCH3 is 1. The third-order valence-electron chi connectivity index (χ3n) is 4.47. The Kier molecular flexibility index (Phi) is 7.41. The van der Waals surface area contributed by atoms with Gasteiger partial charge in [-0.25, -0.2) is 8.42 Å². The van der Waals surface area contributed by atoms with Crippen molar-refractivity contribution < 1.29 is 27.4 Å². The number of rotatable bonds is 9. The minimum atomic E-state index is -3.85. The Morgan fingerprint density at radius 1 is 1.23 bits per heavy atom. The van der Waals surface area contributed by atoms with E-state index in [1.165, 1.54) is 25.3 Å². The maximum atomic E-state index is 12.6. The van der Waals surface area contributed by atoms with E-state index in [2.05, 4.69) is 10.0 Å². The van der Waals surface area contributed by atoms with Gasteiger partial charge in [0.1, 0.15) is 11.5 Å². The molecule has 0 saturated carbocycles. The highest BCUT2D eigenvalue weighted by Crippen LogP contribution is 2.28. The van der Waals surface area contributed by atoms with Gasteiger partial charge in [0.15, 0.2) is 6.61 Å². The van der Waals surface area contributed by atoms with Crippen LogP contribution in [0.15, 0.2) is 47.4 Å². The predicted molar refractivity (Wildman–Crippen MR) is 113 cm³/mol. The number of sulfonamides is 1. The van der Waals surface area contributed by atoms with Gasteiger partial charge in [-0.05, 0) is 55.3 Å². The minimum Gasteiger partial charge on any atom is -0.497 e. The summed E-state index contributed by atoms with van der Waals surface area (Å²) in [4.78, 5) is 11.9. The summed E-state index contributed by atoms with van der Waals surface area (Å²) in [5.41, 5.74) is 0.384. The lowest BCUT2D eigenvalue weighted by atomic mass is 10.2. The zero-order valence-corrected chi connectivity index (χ0v) is 18.0. The molecule has 1 aliphatic rings. The molecule has 2 aromatic carbocycles. The number of amides is 1. The number of hydrogen-bond donors (Lipinski definition) is 2. The first-order valence-corrected chi connectivity index (χ1v) is 11.2. The lowest BCUT2D eigenvalue weighted by Crippen LogP contribution is -2.35. The summed E-state index contributed by atoms with van der Waals surface area (Å²) >= 11 is 6.16. The van der Waals surface area contributed by atoms with E-state index in [1.807, 2.05) is 0 Å². The molecule has 10 heteroatoms. The van der Waals surface area contributed by atoms with Gasteiger partial charge in [-0.15, -0.1) is 0 Å². The third-order valence-corrected chi connectivity index (χ3v) is 6.14. The fourth-order valence-corrected chi connectivity index (χ4v) is 4.25. The number of hydrogen-bond acceptors (Lipinski definition) is 6. The second kappa shape index (κ2) is 10.0. The molecule has 1 aliphatic heterocycles. The van der Waals surface area contributed by atoms with E-state index in [-0.39, 0.29) is 34.3 Å². The van der Waals surface area contributed by atoms with Crippen molar-refractivity contribution in [3.63, 3.8) is 0 Å². The highest BCUT2D eigenvalue weighted by Gasteiger charge is 2.18. The molecule has 1 atom stereocenters. The number of carbonyl (C=O) groups excluding carboxylic acids is 1. The van der Waals surface area contributed by atoms with Crippen LogP contribution in [0, 0.1) is 0 Å². The number of nitrogens with one attached hydrogen (secondary N) is 2. The summed E-state index contributed by atoms with van der Waals surface area (Å²) in [5.74, 6) is 0.522. The Morgan fingerprint density at radius 2 is 2.00 bits per heavy atom. The molecular formula is C20H23ClN2O6S. The first-order chi connectivity index (χ1) is 14.4. The van der Waals surface area contributed by atoms with Crippen molar-refractivity contribution in [1.82, 2.24) is 5.32 Å². The number of benzene rings is 2. The smallest absolute Gasteiger partial charge is 0.261 e. The summed E-state index contributed by atoms with van der Waals surface area (Å²) in [6.45, 7) is 0.919. The molecule has 3 rings (SSSR count). The van der Waals surface area contributed by atoms with Crippen LogP contribution in [0.4, 0.5) is 5.69 Å². The van der Waals surface area contributed by atoms with E-state index in [9.17, 15) is 13.2 Å². The first-order valence-electron chi connectivity index (χ1n) is 9.35. The normalized spacial score (nSPS) is 16.1. The fraction of sp³-hybridized carbons (Fsp3) is 0.350. The molecule has 2 aromatic rings. The van der Waals surface area contributed by atoms with Gasteiger partial charge in [-0.3, -0.25) is 9.52 Å². The molecule has 30 heavy (non-hydrogen) atoms. The maximum absolute atomic E-state index is 12.6. The topological polar surface area (TPSA) is 103 Å². The molecule has 1 heterocycles. The van der Waals surface area contributed by atoms with E-state index < -0.39 is 10.0 Å². The summed E-state index contributed by atoms with van der Waals surface area (Å²) in [6, 6.07) is 10.5. The molecule has 1 amide bonds. The van der Waals surface area contributed by atoms with Crippen molar-refractivity contribution in [3.8, 4) is 11.5 Å². The maximum Gasteiger partial charge on any atom is 0.261 e. The van der Waals surface area contributed by atoms with Gasteiger partial charge in [-0.1, -0.05) is 11.6 Å². The third kappa shape index (κ3) is 6.01. The van der Waals surface area contributed by atoms with Crippen molar-refractivity contribution in [2.45, 2.75) is 23.8 Å². The lowest BCUT2D eigenvalue weighted by molar-refractivity contribution is -0.123. The minimum absolute atomic E-state index is 0.0292. The zero-order chi connectivity index (χ0) is 21.6. The summed E-state index contributed by atoms with van der Waals surface area (Å²) < 4.78 is 43.5. The van der Waals surface area contributed by atoms with E-state index in [0.717, 1.165) is 19.4 Å². The average molecular weight is 455 g/mol. The van der Waals surface area contributed by atoms with Crippen LogP contribution in [0.1, 0.15) is 12.8 Å². The Bertz CT molecular complexity index is 975. The van der Waals surface area contributed by atoms with E-state index in [4.69, 9.17) is 25.8 Å². The summed E-state index contributed by atoms with van der Waals surface area (Å²) in [6.07, 6.45) is 1.96. The van der Waals surface area contributed by atoms with Crippen LogP contribution in [0.2, 0.25) is 5.02 Å². The van der Waals surface area contributed by atoms with Crippen molar-refractivity contribution in [2.75, 3.05) is 31.6 Å². The molecule has 162 valence electrons. The van der Waals surface area contributed by atoms with Gasteiger partial charge in [0.25, 0.3) is 15.9 Å². The second-order valence-electron chi connectivity index (χ2n) is 6.65. The van der Waals surface area contributed by atoms with Crippen molar-refractivity contribution >= 4 is 33.2 Å². The van der Waals surface area contributed by atoms with Gasteiger partial charge in [-0.2, -0.15) is 0 Å². The van der Waals surface area contributed by atoms with Crippen molar-refractivity contribution in [3.05, 3.63) is 47.5 Å². The van der Waals surface area contributed by atoms with Crippen LogP contribution in [-0.2, 0) is 19.6 Å². The van der Waals surface area contributed by atoms with Crippen molar-refractivity contribution in [2.24, 2.45) is 0 Å². The quantitative estimate of drug-likeness (QED) is 0.604. The Morgan fingerprint density at radius 3 is 2.63 bits per heavy atom. The van der Waals surface area contributed by atoms with Crippen LogP contribution in [0.5, 0.6) is 11.5 Å². The largest absolute Gasteiger partial charge is 0.497 e. The molecule has 0 aliphatic carbocycles. The van der Waals surface area contributed by atoms with Gasteiger partial charge in [0.05, 0.1) is 23.1 Å². The predicted octanol–water partition coefficient (Wildman–Crippen LogP) is 2.82. The van der Waals surface area contributed by atoms with Crippen LogP contribution >= 0.6 is 11.6 Å². The number of carbonyl (C=O) groups is 1.